The lowest BCUT2D eigenvalue weighted by molar-refractivity contribution is -0.146. The van der Waals surface area contributed by atoms with Crippen molar-refractivity contribution in [3.63, 3.8) is 0 Å². The lowest BCUT2D eigenvalue weighted by Gasteiger charge is -2.16. The summed E-state index contributed by atoms with van der Waals surface area (Å²) in [4.78, 5) is 11.3. The average Bonchev–Trinajstić information content (AvgIpc) is 2.22. The summed E-state index contributed by atoms with van der Waals surface area (Å²) < 4.78 is 5.07. The van der Waals surface area contributed by atoms with Crippen molar-refractivity contribution < 1.29 is 14.6 Å². The van der Waals surface area contributed by atoms with Crippen molar-refractivity contribution in [2.75, 3.05) is 6.61 Å². The number of aliphatic hydroxyl groups is 1. The third-order valence-corrected chi connectivity index (χ3v) is 2.91. The summed E-state index contributed by atoms with van der Waals surface area (Å²) in [6.07, 6.45) is 6.49. The van der Waals surface area contributed by atoms with Crippen molar-refractivity contribution in [3.8, 4) is 0 Å². The van der Waals surface area contributed by atoms with E-state index in [1.807, 2.05) is 6.92 Å². The zero-order valence-corrected chi connectivity index (χ0v) is 10.2. The number of hydrogen-bond acceptors (Lipinski definition) is 3. The maximum atomic E-state index is 11.3. The SMILES string of the molecule is CC1C/C=C/[C@H](C)COC(=O)CC(O)CC1. The predicted molar refractivity (Wildman–Crippen MR) is 62.9 cm³/mol. The number of allylic oxidation sites excluding steroid dienone is 1. The highest BCUT2D eigenvalue weighted by molar-refractivity contribution is 5.69. The van der Waals surface area contributed by atoms with Crippen LogP contribution in [0.2, 0.25) is 0 Å². The van der Waals surface area contributed by atoms with E-state index >= 15 is 0 Å². The van der Waals surface area contributed by atoms with Crippen molar-refractivity contribution in [2.24, 2.45) is 11.8 Å². The van der Waals surface area contributed by atoms with E-state index in [1.54, 1.807) is 0 Å². The first-order valence-electron chi connectivity index (χ1n) is 6.08. The Balaban J connectivity index is 2.54. The third-order valence-electron chi connectivity index (χ3n) is 2.91. The van der Waals surface area contributed by atoms with Gasteiger partial charge in [-0.15, -0.1) is 0 Å². The first kappa shape index (κ1) is 13.2. The van der Waals surface area contributed by atoms with Gasteiger partial charge in [-0.2, -0.15) is 0 Å². The van der Waals surface area contributed by atoms with Crippen LogP contribution in [0.25, 0.3) is 0 Å². The Morgan fingerprint density at radius 2 is 2.12 bits per heavy atom. The van der Waals surface area contributed by atoms with Crippen LogP contribution in [-0.4, -0.2) is 23.8 Å². The molecule has 0 aliphatic carbocycles. The zero-order chi connectivity index (χ0) is 12.0. The van der Waals surface area contributed by atoms with Crippen LogP contribution in [0.5, 0.6) is 0 Å². The molecule has 3 atom stereocenters. The standard InChI is InChI=1S/C13H22O3/c1-10-4-3-5-11(2)9-16-13(15)8-12(14)7-6-10/h3,5,10-12,14H,4,6-9H2,1-2H3/b5-3+/t10?,11-,12?/m0/s1. The summed E-state index contributed by atoms with van der Waals surface area (Å²) in [6, 6.07) is 0. The van der Waals surface area contributed by atoms with E-state index in [0.29, 0.717) is 18.9 Å². The molecule has 0 saturated heterocycles. The van der Waals surface area contributed by atoms with Gasteiger partial charge in [-0.05, 0) is 25.2 Å². The molecular weight excluding hydrogens is 204 g/mol. The molecule has 0 amide bonds. The number of rotatable bonds is 0. The smallest absolute Gasteiger partial charge is 0.308 e. The molecule has 3 nitrogen and oxygen atoms in total. The largest absolute Gasteiger partial charge is 0.465 e. The highest BCUT2D eigenvalue weighted by Crippen LogP contribution is 2.16. The Bertz CT molecular complexity index is 248. The van der Waals surface area contributed by atoms with Crippen molar-refractivity contribution >= 4 is 5.97 Å². The van der Waals surface area contributed by atoms with Gasteiger partial charge >= 0.3 is 5.97 Å². The minimum atomic E-state index is -0.548. The van der Waals surface area contributed by atoms with Gasteiger partial charge in [-0.25, -0.2) is 0 Å². The molecule has 0 aromatic heterocycles. The minimum absolute atomic E-state index is 0.128. The molecule has 16 heavy (non-hydrogen) atoms. The summed E-state index contributed by atoms with van der Waals surface area (Å²) in [7, 11) is 0. The second-order valence-corrected chi connectivity index (χ2v) is 4.86. The molecule has 1 heterocycles. The third kappa shape index (κ3) is 5.31. The quantitative estimate of drug-likeness (QED) is 0.509. The van der Waals surface area contributed by atoms with Gasteiger partial charge in [0.2, 0.25) is 0 Å². The van der Waals surface area contributed by atoms with E-state index < -0.39 is 6.10 Å². The molecule has 0 aromatic rings. The topological polar surface area (TPSA) is 46.5 Å². The van der Waals surface area contributed by atoms with E-state index in [2.05, 4.69) is 19.1 Å². The number of cyclic esters (lactones) is 1. The van der Waals surface area contributed by atoms with Crippen LogP contribution in [0.4, 0.5) is 0 Å². The Morgan fingerprint density at radius 3 is 2.88 bits per heavy atom. The van der Waals surface area contributed by atoms with Gasteiger partial charge in [0.25, 0.3) is 0 Å². The molecular formula is C13H22O3. The van der Waals surface area contributed by atoms with Gasteiger partial charge in [0.15, 0.2) is 0 Å². The highest BCUT2D eigenvalue weighted by atomic mass is 16.5. The highest BCUT2D eigenvalue weighted by Gasteiger charge is 2.14. The van der Waals surface area contributed by atoms with E-state index in [0.717, 1.165) is 12.8 Å². The van der Waals surface area contributed by atoms with Crippen LogP contribution < -0.4 is 0 Å². The van der Waals surface area contributed by atoms with Crippen LogP contribution in [0.3, 0.4) is 0 Å². The molecule has 1 N–H and O–H groups in total. The second-order valence-electron chi connectivity index (χ2n) is 4.86. The van der Waals surface area contributed by atoms with Gasteiger partial charge in [0, 0.05) is 5.92 Å². The number of aliphatic hydroxyl groups excluding tert-OH is 1. The van der Waals surface area contributed by atoms with E-state index in [4.69, 9.17) is 4.74 Å². The lowest BCUT2D eigenvalue weighted by atomic mass is 9.97. The van der Waals surface area contributed by atoms with Gasteiger partial charge in [0.05, 0.1) is 19.1 Å². The fraction of sp³-hybridized carbons (Fsp3) is 0.769. The molecule has 0 spiro atoms. The molecule has 0 fully saturated rings. The number of hydrogen-bond donors (Lipinski definition) is 1. The Kier molecular flexibility index (Phi) is 5.53. The zero-order valence-electron chi connectivity index (χ0n) is 10.2. The number of ether oxygens (including phenoxy) is 1. The minimum Gasteiger partial charge on any atom is -0.465 e. The Labute approximate surface area is 97.5 Å². The molecule has 92 valence electrons. The molecule has 0 saturated carbocycles. The van der Waals surface area contributed by atoms with E-state index in [-0.39, 0.29) is 18.3 Å². The van der Waals surface area contributed by atoms with Crippen molar-refractivity contribution in [3.05, 3.63) is 12.2 Å². The van der Waals surface area contributed by atoms with E-state index in [1.165, 1.54) is 0 Å². The molecule has 0 radical (unpaired) electrons. The Hall–Kier alpha value is -0.830. The molecule has 0 aromatic carbocycles. The number of carbonyl (C=O) groups excluding carboxylic acids is 1. The monoisotopic (exact) mass is 226 g/mol. The van der Waals surface area contributed by atoms with Crippen molar-refractivity contribution in [2.45, 2.75) is 45.6 Å². The summed E-state index contributed by atoms with van der Waals surface area (Å²) in [5.74, 6) is 0.530. The first-order chi connectivity index (χ1) is 7.58. The summed E-state index contributed by atoms with van der Waals surface area (Å²) in [5, 5.41) is 9.63. The maximum Gasteiger partial charge on any atom is 0.308 e. The van der Waals surface area contributed by atoms with Crippen molar-refractivity contribution in [1.82, 2.24) is 0 Å². The van der Waals surface area contributed by atoms with Crippen LogP contribution in [0.15, 0.2) is 12.2 Å². The van der Waals surface area contributed by atoms with E-state index in [9.17, 15) is 9.90 Å². The molecule has 1 aliphatic rings. The van der Waals surface area contributed by atoms with Crippen LogP contribution in [0, 0.1) is 11.8 Å². The maximum absolute atomic E-state index is 11.3. The molecule has 2 unspecified atom stereocenters. The number of carbonyl (C=O) groups is 1. The van der Waals surface area contributed by atoms with Gasteiger partial charge in [-0.1, -0.05) is 26.0 Å². The Morgan fingerprint density at radius 1 is 1.38 bits per heavy atom. The van der Waals surface area contributed by atoms with Crippen LogP contribution in [0.1, 0.15) is 39.5 Å². The van der Waals surface area contributed by atoms with Gasteiger partial charge < -0.3 is 9.84 Å². The average molecular weight is 226 g/mol. The van der Waals surface area contributed by atoms with Crippen LogP contribution >= 0.6 is 0 Å². The fourth-order valence-corrected chi connectivity index (χ4v) is 1.77. The molecule has 1 rings (SSSR count). The van der Waals surface area contributed by atoms with Gasteiger partial charge in [-0.3, -0.25) is 4.79 Å². The number of esters is 1. The summed E-state index contributed by atoms with van der Waals surface area (Å²) >= 11 is 0. The second kappa shape index (κ2) is 6.69. The summed E-state index contributed by atoms with van der Waals surface area (Å²) in [5.41, 5.74) is 0. The lowest BCUT2D eigenvalue weighted by Crippen LogP contribution is -2.19. The summed E-state index contributed by atoms with van der Waals surface area (Å²) in [6.45, 7) is 4.61. The van der Waals surface area contributed by atoms with Crippen molar-refractivity contribution in [1.29, 1.82) is 0 Å². The molecule has 1 aliphatic heterocycles. The molecule has 3 heteroatoms. The van der Waals surface area contributed by atoms with Gasteiger partial charge in [0.1, 0.15) is 0 Å². The predicted octanol–water partition coefficient (Wildman–Crippen LogP) is 2.29. The normalized spacial score (nSPS) is 35.7. The molecule has 0 bridgehead atoms. The van der Waals surface area contributed by atoms with Crippen LogP contribution in [-0.2, 0) is 9.53 Å². The fourth-order valence-electron chi connectivity index (χ4n) is 1.77. The first-order valence-corrected chi connectivity index (χ1v) is 6.08.